The second kappa shape index (κ2) is 6.12. The van der Waals surface area contributed by atoms with Crippen molar-refractivity contribution in [1.29, 1.82) is 0 Å². The van der Waals surface area contributed by atoms with Gasteiger partial charge in [-0.3, -0.25) is 4.79 Å². The maximum absolute atomic E-state index is 11.7. The molecule has 1 amide bonds. The first-order chi connectivity index (χ1) is 7.63. The minimum Gasteiger partial charge on any atom is -0.392 e. The lowest BCUT2D eigenvalue weighted by Gasteiger charge is -2.13. The molecule has 92 valence electrons. The summed E-state index contributed by atoms with van der Waals surface area (Å²) < 4.78 is 10.0. The molecule has 0 radical (unpaired) electrons. The van der Waals surface area contributed by atoms with Gasteiger partial charge in [-0.15, -0.1) is 0 Å². The smallest absolute Gasteiger partial charge is 0.233 e. The predicted molar refractivity (Wildman–Crippen MR) is 64.2 cm³/mol. The first kappa shape index (κ1) is 13.3. The van der Waals surface area contributed by atoms with Crippen LogP contribution in [0.1, 0.15) is 12.8 Å². The number of nitrogens with two attached hydrogens (primary N) is 1. The van der Waals surface area contributed by atoms with Crippen LogP contribution in [0.25, 0.3) is 0 Å². The summed E-state index contributed by atoms with van der Waals surface area (Å²) in [6.07, 6.45) is 1.53. The summed E-state index contributed by atoms with van der Waals surface area (Å²) in [5, 5.41) is 2.77. The van der Waals surface area contributed by atoms with Crippen molar-refractivity contribution in [3.8, 4) is 0 Å². The van der Waals surface area contributed by atoms with Gasteiger partial charge in [-0.2, -0.15) is 0 Å². The Bertz CT molecular complexity index is 267. The van der Waals surface area contributed by atoms with Crippen LogP contribution in [-0.2, 0) is 14.3 Å². The molecule has 1 aliphatic rings. The van der Waals surface area contributed by atoms with Gasteiger partial charge in [0.15, 0.2) is 0 Å². The van der Waals surface area contributed by atoms with Crippen LogP contribution in [0, 0.1) is 5.41 Å². The monoisotopic (exact) mass is 246 g/mol. The molecule has 1 aliphatic carbocycles. The molecule has 1 rings (SSSR count). The molecule has 0 aromatic heterocycles. The summed E-state index contributed by atoms with van der Waals surface area (Å²) in [6.45, 7) is 2.05. The normalized spacial score (nSPS) is 16.8. The zero-order valence-corrected chi connectivity index (χ0v) is 10.3. The van der Waals surface area contributed by atoms with E-state index in [0.717, 1.165) is 12.8 Å². The largest absolute Gasteiger partial charge is 0.392 e. The van der Waals surface area contributed by atoms with Gasteiger partial charge in [0.1, 0.15) is 0 Å². The Balaban J connectivity index is 2.10. The van der Waals surface area contributed by atoms with E-state index in [1.54, 1.807) is 7.11 Å². The van der Waals surface area contributed by atoms with Gasteiger partial charge in [0, 0.05) is 13.7 Å². The van der Waals surface area contributed by atoms with Gasteiger partial charge in [-0.05, 0) is 12.8 Å². The highest BCUT2D eigenvalue weighted by molar-refractivity contribution is 7.80. The van der Waals surface area contributed by atoms with Crippen LogP contribution in [0.3, 0.4) is 0 Å². The number of methoxy groups -OCH3 is 1. The Morgan fingerprint density at radius 2 is 2.12 bits per heavy atom. The molecular weight excluding hydrogens is 228 g/mol. The van der Waals surface area contributed by atoms with E-state index in [1.165, 1.54) is 0 Å². The van der Waals surface area contributed by atoms with Gasteiger partial charge < -0.3 is 20.5 Å². The molecule has 1 saturated carbocycles. The molecule has 3 N–H and O–H groups in total. The fourth-order valence-electron chi connectivity index (χ4n) is 1.36. The van der Waals surface area contributed by atoms with Gasteiger partial charge in [0.2, 0.25) is 5.91 Å². The lowest BCUT2D eigenvalue weighted by Crippen LogP contribution is -2.40. The highest BCUT2D eigenvalue weighted by atomic mass is 32.1. The van der Waals surface area contributed by atoms with E-state index in [-0.39, 0.29) is 5.91 Å². The highest BCUT2D eigenvalue weighted by Crippen LogP contribution is 2.46. The second-order valence-corrected chi connectivity index (χ2v) is 4.25. The first-order valence-electron chi connectivity index (χ1n) is 5.28. The van der Waals surface area contributed by atoms with E-state index in [0.29, 0.717) is 31.4 Å². The van der Waals surface area contributed by atoms with E-state index in [1.807, 2.05) is 0 Å². The minimum absolute atomic E-state index is 0.0738. The van der Waals surface area contributed by atoms with Crippen LogP contribution >= 0.6 is 12.2 Å². The average molecular weight is 246 g/mol. The lowest BCUT2D eigenvalue weighted by molar-refractivity contribution is -0.124. The third-order valence-electron chi connectivity index (χ3n) is 2.62. The number of ether oxygens (including phenoxy) is 2. The fourth-order valence-corrected chi connectivity index (χ4v) is 1.66. The molecule has 0 aromatic carbocycles. The number of hydrogen-bond acceptors (Lipinski definition) is 4. The van der Waals surface area contributed by atoms with Crippen molar-refractivity contribution >= 4 is 23.1 Å². The van der Waals surface area contributed by atoms with Crippen molar-refractivity contribution in [2.45, 2.75) is 12.8 Å². The molecule has 0 unspecified atom stereocenters. The van der Waals surface area contributed by atoms with Crippen molar-refractivity contribution in [3.63, 3.8) is 0 Å². The van der Waals surface area contributed by atoms with Gasteiger partial charge >= 0.3 is 0 Å². The van der Waals surface area contributed by atoms with Gasteiger partial charge in [-0.25, -0.2) is 0 Å². The molecular formula is C10H18N2O3S. The van der Waals surface area contributed by atoms with Crippen molar-refractivity contribution in [1.82, 2.24) is 5.32 Å². The molecule has 16 heavy (non-hydrogen) atoms. The number of amides is 1. The number of carbonyl (C=O) groups excluding carboxylic acids is 1. The van der Waals surface area contributed by atoms with Crippen LogP contribution in [0.4, 0.5) is 0 Å². The van der Waals surface area contributed by atoms with Crippen LogP contribution in [0.2, 0.25) is 0 Å². The summed E-state index contributed by atoms with van der Waals surface area (Å²) in [4.78, 5) is 12.0. The van der Waals surface area contributed by atoms with Crippen molar-refractivity contribution < 1.29 is 14.3 Å². The molecule has 1 fully saturated rings. The number of thiocarbonyl (C=S) groups is 1. The summed E-state index contributed by atoms with van der Waals surface area (Å²) in [6, 6.07) is 0. The van der Waals surface area contributed by atoms with Gasteiger partial charge in [0.25, 0.3) is 0 Å². The lowest BCUT2D eigenvalue weighted by atomic mass is 10.1. The zero-order chi connectivity index (χ0) is 12.0. The Morgan fingerprint density at radius 1 is 1.44 bits per heavy atom. The topological polar surface area (TPSA) is 73.6 Å². The predicted octanol–water partition coefficient (Wildman–Crippen LogP) is -0.168. The molecule has 0 spiro atoms. The zero-order valence-electron chi connectivity index (χ0n) is 9.45. The molecule has 0 aliphatic heterocycles. The third kappa shape index (κ3) is 3.40. The molecule has 0 saturated heterocycles. The van der Waals surface area contributed by atoms with Crippen molar-refractivity contribution in [3.05, 3.63) is 0 Å². The molecule has 6 heteroatoms. The molecule has 0 heterocycles. The van der Waals surface area contributed by atoms with E-state index in [2.05, 4.69) is 5.32 Å². The molecule has 0 atom stereocenters. The standard InChI is InChI=1S/C10H18N2O3S/c1-14-6-7-15-5-4-12-9(13)10(2-3-10)8(11)16/h2-7H2,1H3,(H2,11,16)(H,12,13). The highest BCUT2D eigenvalue weighted by Gasteiger charge is 2.52. The summed E-state index contributed by atoms with van der Waals surface area (Å²) in [5.74, 6) is -0.0738. The van der Waals surface area contributed by atoms with Crippen molar-refractivity contribution in [2.24, 2.45) is 11.1 Å². The first-order valence-corrected chi connectivity index (χ1v) is 5.69. The Labute approximate surface area is 101 Å². The van der Waals surface area contributed by atoms with Crippen molar-refractivity contribution in [2.75, 3.05) is 33.5 Å². The summed E-state index contributed by atoms with van der Waals surface area (Å²) >= 11 is 4.88. The minimum atomic E-state index is -0.568. The SMILES string of the molecule is COCCOCCNC(=O)C1(C(N)=S)CC1. The van der Waals surface area contributed by atoms with Crippen LogP contribution in [0.5, 0.6) is 0 Å². The van der Waals surface area contributed by atoms with E-state index in [4.69, 9.17) is 27.4 Å². The number of rotatable bonds is 8. The van der Waals surface area contributed by atoms with Gasteiger partial charge in [-0.1, -0.05) is 12.2 Å². The van der Waals surface area contributed by atoms with Crippen LogP contribution < -0.4 is 11.1 Å². The maximum Gasteiger partial charge on any atom is 0.233 e. The number of hydrogen-bond donors (Lipinski definition) is 2. The summed E-state index contributed by atoms with van der Waals surface area (Å²) in [5.41, 5.74) is 4.96. The number of carbonyl (C=O) groups is 1. The van der Waals surface area contributed by atoms with Crippen LogP contribution in [-0.4, -0.2) is 44.4 Å². The quantitative estimate of drug-likeness (QED) is 0.459. The van der Waals surface area contributed by atoms with E-state index >= 15 is 0 Å². The average Bonchev–Trinajstić information content (AvgIpc) is 3.03. The molecule has 5 nitrogen and oxygen atoms in total. The van der Waals surface area contributed by atoms with E-state index < -0.39 is 5.41 Å². The Kier molecular flexibility index (Phi) is 5.11. The molecule has 0 bridgehead atoms. The Morgan fingerprint density at radius 3 is 2.62 bits per heavy atom. The summed E-state index contributed by atoms with van der Waals surface area (Å²) in [7, 11) is 1.62. The maximum atomic E-state index is 11.7. The number of nitrogens with one attached hydrogen (secondary N) is 1. The Hall–Kier alpha value is -0.720. The van der Waals surface area contributed by atoms with E-state index in [9.17, 15) is 4.79 Å². The van der Waals surface area contributed by atoms with Gasteiger partial charge in [0.05, 0.1) is 30.2 Å². The fraction of sp³-hybridized carbons (Fsp3) is 0.800. The second-order valence-electron chi connectivity index (χ2n) is 3.81. The molecule has 0 aromatic rings. The van der Waals surface area contributed by atoms with Crippen LogP contribution in [0.15, 0.2) is 0 Å². The third-order valence-corrected chi connectivity index (χ3v) is 3.01.